The van der Waals surface area contributed by atoms with E-state index in [2.05, 4.69) is 0 Å². The molecule has 1 aliphatic rings. The van der Waals surface area contributed by atoms with Gasteiger partial charge in [0.1, 0.15) is 5.75 Å². The molecule has 0 atom stereocenters. The molecule has 3 rings (SSSR count). The van der Waals surface area contributed by atoms with Gasteiger partial charge in [-0.15, -0.1) is 0 Å². The normalized spacial score (nSPS) is 14.6. The second-order valence-corrected chi connectivity index (χ2v) is 8.52. The van der Waals surface area contributed by atoms with E-state index in [1.54, 1.807) is 29.7 Å². The molecule has 8 nitrogen and oxygen atoms in total. The van der Waals surface area contributed by atoms with E-state index in [9.17, 15) is 18.0 Å². The smallest absolute Gasteiger partial charge is 0.259 e. The fraction of sp³-hybridized carbons (Fsp3) is 0.300. The Labute approximate surface area is 169 Å². The summed E-state index contributed by atoms with van der Waals surface area (Å²) in [5.41, 5.74) is 1.99. The van der Waals surface area contributed by atoms with Crippen molar-refractivity contribution in [2.24, 2.45) is 0 Å². The zero-order valence-corrected chi connectivity index (χ0v) is 16.7. The Morgan fingerprint density at radius 1 is 1.10 bits per heavy atom. The molecule has 0 radical (unpaired) electrons. The maximum atomic E-state index is 13.2. The number of unbranched alkanes of at least 4 members (excludes halogenated alkanes) is 2. The number of carbonyl (C=O) groups is 2. The summed E-state index contributed by atoms with van der Waals surface area (Å²) in [6, 6.07) is 10.7. The van der Waals surface area contributed by atoms with Crippen LogP contribution in [0.15, 0.2) is 52.3 Å². The van der Waals surface area contributed by atoms with Crippen molar-refractivity contribution in [3.63, 3.8) is 0 Å². The third-order valence-corrected chi connectivity index (χ3v) is 6.67. The summed E-state index contributed by atoms with van der Waals surface area (Å²) >= 11 is 0. The van der Waals surface area contributed by atoms with E-state index < -0.39 is 21.7 Å². The van der Waals surface area contributed by atoms with Crippen molar-refractivity contribution in [3.8, 4) is 5.75 Å². The highest BCUT2D eigenvalue weighted by molar-refractivity contribution is 7.91. The van der Waals surface area contributed by atoms with Crippen LogP contribution < -0.4 is 15.1 Å². The minimum atomic E-state index is -3.88. The van der Waals surface area contributed by atoms with Crippen LogP contribution in [-0.4, -0.2) is 39.1 Å². The number of fused-ring (bicyclic) bond motifs is 2. The Hall–Kier alpha value is -2.91. The summed E-state index contributed by atoms with van der Waals surface area (Å²) in [4.78, 5) is 25.8. The van der Waals surface area contributed by atoms with E-state index in [1.807, 2.05) is 0 Å². The molecule has 0 unspecified atom stereocenters. The van der Waals surface area contributed by atoms with Crippen LogP contribution in [0.1, 0.15) is 36.0 Å². The number of anilines is 1. The van der Waals surface area contributed by atoms with Gasteiger partial charge in [0.2, 0.25) is 15.7 Å². The molecule has 154 valence electrons. The molecule has 2 amide bonds. The number of amides is 2. The highest BCUT2D eigenvalue weighted by atomic mass is 32.2. The summed E-state index contributed by atoms with van der Waals surface area (Å²) in [5, 5.41) is 8.54. The number of benzene rings is 2. The molecule has 9 heteroatoms. The standard InChI is InChI=1S/C20H22N2O6S/c1-28-14-10-11-18-16(13-14)22(12-6-2-3-9-19(23)21-25)20(24)15-7-4-5-8-17(15)29(18,26)27/h4-5,7-8,10-11,13,25H,2-3,6,9,12H2,1H3,(H,21,23). The Kier molecular flexibility index (Phi) is 6.19. The van der Waals surface area contributed by atoms with Gasteiger partial charge in [0.05, 0.1) is 28.2 Å². The number of methoxy groups -OCH3 is 1. The number of rotatable bonds is 7. The van der Waals surface area contributed by atoms with Crippen molar-refractivity contribution < 1.29 is 28.0 Å². The zero-order chi connectivity index (χ0) is 21.0. The van der Waals surface area contributed by atoms with E-state index >= 15 is 0 Å². The number of ether oxygens (including phenoxy) is 1. The molecule has 0 saturated heterocycles. The minimum absolute atomic E-state index is 0.0152. The van der Waals surface area contributed by atoms with Gasteiger partial charge in [0, 0.05) is 19.0 Å². The fourth-order valence-corrected chi connectivity index (χ4v) is 4.95. The molecule has 2 aromatic carbocycles. The molecule has 0 bridgehead atoms. The van der Waals surface area contributed by atoms with Gasteiger partial charge in [-0.1, -0.05) is 18.6 Å². The fourth-order valence-electron chi connectivity index (χ4n) is 3.32. The van der Waals surface area contributed by atoms with Crippen molar-refractivity contribution in [3.05, 3.63) is 48.0 Å². The Morgan fingerprint density at radius 3 is 2.59 bits per heavy atom. The lowest BCUT2D eigenvalue weighted by Gasteiger charge is -2.23. The molecule has 0 saturated carbocycles. The van der Waals surface area contributed by atoms with Crippen LogP contribution in [0.3, 0.4) is 0 Å². The van der Waals surface area contributed by atoms with E-state index in [1.165, 1.54) is 30.2 Å². The number of hydroxylamine groups is 1. The van der Waals surface area contributed by atoms with E-state index in [4.69, 9.17) is 9.94 Å². The van der Waals surface area contributed by atoms with Gasteiger partial charge in [0.15, 0.2) is 0 Å². The summed E-state index contributed by atoms with van der Waals surface area (Å²) in [7, 11) is -2.41. The lowest BCUT2D eigenvalue weighted by Crippen LogP contribution is -2.32. The molecule has 0 fully saturated rings. The lowest BCUT2D eigenvalue weighted by atomic mass is 10.1. The molecule has 1 heterocycles. The van der Waals surface area contributed by atoms with Crippen LogP contribution in [0.25, 0.3) is 0 Å². The van der Waals surface area contributed by atoms with Crippen LogP contribution >= 0.6 is 0 Å². The van der Waals surface area contributed by atoms with Gasteiger partial charge in [-0.2, -0.15) is 0 Å². The molecule has 2 N–H and O–H groups in total. The van der Waals surface area contributed by atoms with Crippen LogP contribution in [-0.2, 0) is 14.6 Å². The molecule has 2 aromatic rings. The maximum Gasteiger partial charge on any atom is 0.259 e. The van der Waals surface area contributed by atoms with Crippen LogP contribution in [0, 0.1) is 0 Å². The van der Waals surface area contributed by atoms with Gasteiger partial charge in [-0.05, 0) is 37.1 Å². The van der Waals surface area contributed by atoms with Crippen LogP contribution in [0.4, 0.5) is 5.69 Å². The first-order chi connectivity index (χ1) is 13.9. The van der Waals surface area contributed by atoms with E-state index in [-0.39, 0.29) is 34.0 Å². The highest BCUT2D eigenvalue weighted by Gasteiger charge is 2.35. The van der Waals surface area contributed by atoms with Crippen LogP contribution in [0.2, 0.25) is 0 Å². The first-order valence-electron chi connectivity index (χ1n) is 9.17. The molecule has 1 aliphatic heterocycles. The minimum Gasteiger partial charge on any atom is -0.497 e. The summed E-state index contributed by atoms with van der Waals surface area (Å²) in [6.45, 7) is 0.281. The van der Waals surface area contributed by atoms with Gasteiger partial charge < -0.3 is 9.64 Å². The number of sulfone groups is 1. The topological polar surface area (TPSA) is 113 Å². The Morgan fingerprint density at radius 2 is 1.86 bits per heavy atom. The number of nitrogens with zero attached hydrogens (tertiary/aromatic N) is 1. The summed E-state index contributed by atoms with van der Waals surface area (Å²) in [5.74, 6) is -0.419. The third kappa shape index (κ3) is 4.10. The largest absolute Gasteiger partial charge is 0.497 e. The first-order valence-corrected chi connectivity index (χ1v) is 10.7. The molecular formula is C20H22N2O6S. The molecule has 29 heavy (non-hydrogen) atoms. The second-order valence-electron chi connectivity index (χ2n) is 6.64. The quantitative estimate of drug-likeness (QED) is 0.406. The van der Waals surface area contributed by atoms with Gasteiger partial charge in [0.25, 0.3) is 5.91 Å². The summed E-state index contributed by atoms with van der Waals surface area (Å²) in [6.07, 6.45) is 1.90. The Balaban J connectivity index is 1.97. The molecular weight excluding hydrogens is 396 g/mol. The zero-order valence-electron chi connectivity index (χ0n) is 15.9. The average Bonchev–Trinajstić information content (AvgIpc) is 2.80. The molecule has 0 aromatic heterocycles. The summed E-state index contributed by atoms with van der Waals surface area (Å²) < 4.78 is 31.6. The predicted octanol–water partition coefficient (Wildman–Crippen LogP) is 2.55. The number of hydrogen-bond donors (Lipinski definition) is 2. The SMILES string of the molecule is COc1ccc2c(c1)N(CCCCCC(=O)NO)C(=O)c1ccccc1S2(=O)=O. The number of nitrogens with one attached hydrogen (secondary N) is 1. The number of hydrogen-bond acceptors (Lipinski definition) is 6. The van der Waals surface area contributed by atoms with Gasteiger partial charge in [-0.25, -0.2) is 13.9 Å². The van der Waals surface area contributed by atoms with E-state index in [0.717, 1.165) is 0 Å². The van der Waals surface area contributed by atoms with Crippen molar-refractivity contribution in [1.29, 1.82) is 0 Å². The lowest BCUT2D eigenvalue weighted by molar-refractivity contribution is -0.129. The van der Waals surface area contributed by atoms with E-state index in [0.29, 0.717) is 25.0 Å². The average molecular weight is 418 g/mol. The van der Waals surface area contributed by atoms with Crippen molar-refractivity contribution in [1.82, 2.24) is 5.48 Å². The second kappa shape index (κ2) is 8.62. The van der Waals surface area contributed by atoms with Crippen LogP contribution in [0.5, 0.6) is 5.75 Å². The van der Waals surface area contributed by atoms with Gasteiger partial charge in [-0.3, -0.25) is 14.8 Å². The maximum absolute atomic E-state index is 13.2. The van der Waals surface area contributed by atoms with Crippen molar-refractivity contribution in [2.45, 2.75) is 35.5 Å². The predicted molar refractivity (Wildman–Crippen MR) is 105 cm³/mol. The third-order valence-electron chi connectivity index (χ3n) is 4.81. The van der Waals surface area contributed by atoms with Crippen molar-refractivity contribution >= 4 is 27.3 Å². The number of carbonyl (C=O) groups excluding carboxylic acids is 2. The highest BCUT2D eigenvalue weighted by Crippen LogP contribution is 2.38. The first kappa shape index (κ1) is 20.8. The molecule has 0 spiro atoms. The molecule has 0 aliphatic carbocycles. The van der Waals surface area contributed by atoms with Gasteiger partial charge >= 0.3 is 0 Å². The Bertz CT molecular complexity index is 1040. The monoisotopic (exact) mass is 418 g/mol. The van der Waals surface area contributed by atoms with Crippen molar-refractivity contribution in [2.75, 3.05) is 18.6 Å².